The molecule has 166 valence electrons. The van der Waals surface area contributed by atoms with E-state index in [1.165, 1.54) is 11.8 Å². The molecule has 1 heterocycles. The van der Waals surface area contributed by atoms with Gasteiger partial charge >= 0.3 is 0 Å². The van der Waals surface area contributed by atoms with E-state index in [1.807, 2.05) is 56.3 Å². The van der Waals surface area contributed by atoms with Gasteiger partial charge in [0.25, 0.3) is 0 Å². The van der Waals surface area contributed by atoms with Crippen molar-refractivity contribution in [1.82, 2.24) is 9.62 Å². The lowest BCUT2D eigenvalue weighted by molar-refractivity contribution is -0.133. The van der Waals surface area contributed by atoms with Crippen molar-refractivity contribution in [2.45, 2.75) is 39.8 Å². The number of carbonyl (C=O) groups is 2. The summed E-state index contributed by atoms with van der Waals surface area (Å²) in [7, 11) is -3.64. The van der Waals surface area contributed by atoms with Crippen LogP contribution < -0.4 is 10.2 Å². The van der Waals surface area contributed by atoms with E-state index in [0.717, 1.165) is 21.0 Å². The third-order valence-corrected chi connectivity index (χ3v) is 7.61. The second-order valence-corrected chi connectivity index (χ2v) is 10.4. The highest BCUT2D eigenvalue weighted by atomic mass is 32.2. The highest BCUT2D eigenvalue weighted by Gasteiger charge is 2.50. The van der Waals surface area contributed by atoms with Gasteiger partial charge in [-0.3, -0.25) is 14.5 Å². The van der Waals surface area contributed by atoms with Gasteiger partial charge in [-0.15, -0.1) is 0 Å². The molecule has 1 aliphatic rings. The maximum Gasteiger partial charge on any atom is 0.247 e. The molecule has 8 heteroatoms. The number of nitrogens with zero attached hydrogens (tertiary/aromatic N) is 2. The van der Waals surface area contributed by atoms with Crippen LogP contribution >= 0.6 is 0 Å². The fourth-order valence-corrected chi connectivity index (χ4v) is 4.90. The predicted octanol–water partition coefficient (Wildman–Crippen LogP) is 2.38. The number of sulfonamides is 1. The summed E-state index contributed by atoms with van der Waals surface area (Å²) in [5.74, 6) is -0.964. The minimum atomic E-state index is -3.64. The Hall–Kier alpha value is -2.71. The number of hydrogen-bond donors (Lipinski definition) is 1. The lowest BCUT2D eigenvalue weighted by atomic mass is 9.93. The molecule has 1 aliphatic heterocycles. The average Bonchev–Trinajstić information content (AvgIpc) is 2.74. The Kier molecular flexibility index (Phi) is 6.52. The molecule has 1 fully saturated rings. The van der Waals surface area contributed by atoms with E-state index in [9.17, 15) is 18.0 Å². The lowest BCUT2D eigenvalue weighted by Crippen LogP contribution is -2.70. The van der Waals surface area contributed by atoms with Crippen molar-refractivity contribution < 1.29 is 18.0 Å². The van der Waals surface area contributed by atoms with E-state index in [1.54, 1.807) is 13.0 Å². The number of aryl methyl sites for hydroxylation is 2. The predicted molar refractivity (Wildman–Crippen MR) is 121 cm³/mol. The third-order valence-electron chi connectivity index (χ3n) is 5.83. The van der Waals surface area contributed by atoms with Crippen LogP contribution in [0, 0.1) is 13.8 Å². The summed E-state index contributed by atoms with van der Waals surface area (Å²) in [6.07, 6.45) is 0. The largest absolute Gasteiger partial charge is 0.350 e. The molecule has 2 aromatic rings. The van der Waals surface area contributed by atoms with E-state index in [2.05, 4.69) is 5.32 Å². The smallest absolute Gasteiger partial charge is 0.247 e. The molecule has 0 aromatic heterocycles. The molecule has 0 radical (unpaired) electrons. The van der Waals surface area contributed by atoms with Crippen molar-refractivity contribution in [3.63, 3.8) is 0 Å². The first-order valence-electron chi connectivity index (χ1n) is 10.3. The van der Waals surface area contributed by atoms with Gasteiger partial charge in [0, 0.05) is 18.8 Å². The number of rotatable bonds is 6. The minimum Gasteiger partial charge on any atom is -0.350 e. The summed E-state index contributed by atoms with van der Waals surface area (Å²) in [5.41, 5.74) is 2.16. The average molecular weight is 444 g/mol. The number of piperazine rings is 1. The van der Waals surface area contributed by atoms with Crippen LogP contribution in [0.3, 0.4) is 0 Å². The van der Waals surface area contributed by atoms with Crippen molar-refractivity contribution in [2.75, 3.05) is 23.7 Å². The van der Waals surface area contributed by atoms with Crippen LogP contribution in [0.1, 0.15) is 30.5 Å². The molecule has 3 rings (SSSR count). The number of anilines is 1. The van der Waals surface area contributed by atoms with Crippen molar-refractivity contribution in [3.8, 4) is 0 Å². The Morgan fingerprint density at radius 3 is 2.39 bits per heavy atom. The molecule has 0 aliphatic carbocycles. The first-order chi connectivity index (χ1) is 14.6. The van der Waals surface area contributed by atoms with Crippen molar-refractivity contribution >= 4 is 27.5 Å². The standard InChI is InChI=1S/C23H29N3O4S/c1-5-31(29,30)25-15-21(27)26(20-12-11-17(2)18(3)13-20)23(4,16-25)22(28)24-14-19-9-7-6-8-10-19/h6-13H,5,14-16H2,1-4H3,(H,24,28)/t23-/m0/s1. The number of hydrogen-bond acceptors (Lipinski definition) is 4. The highest BCUT2D eigenvalue weighted by molar-refractivity contribution is 7.89. The number of benzene rings is 2. The lowest BCUT2D eigenvalue weighted by Gasteiger charge is -2.46. The van der Waals surface area contributed by atoms with Crippen molar-refractivity contribution in [2.24, 2.45) is 0 Å². The van der Waals surface area contributed by atoms with E-state index in [0.29, 0.717) is 5.69 Å². The summed E-state index contributed by atoms with van der Waals surface area (Å²) in [6.45, 7) is 6.95. The van der Waals surface area contributed by atoms with Gasteiger partial charge in [-0.25, -0.2) is 8.42 Å². The van der Waals surface area contributed by atoms with Crippen LogP contribution in [0.25, 0.3) is 0 Å². The van der Waals surface area contributed by atoms with Gasteiger partial charge in [0.1, 0.15) is 5.54 Å². The van der Waals surface area contributed by atoms with E-state index >= 15 is 0 Å². The SMILES string of the molecule is CCS(=O)(=O)N1CC(=O)N(c2ccc(C)c(C)c2)[C@](C)(C(=O)NCc2ccccc2)C1. The molecule has 0 unspecified atom stereocenters. The fraction of sp³-hybridized carbons (Fsp3) is 0.391. The zero-order valence-electron chi connectivity index (χ0n) is 18.4. The van der Waals surface area contributed by atoms with Gasteiger partial charge in [0.2, 0.25) is 21.8 Å². The fourth-order valence-electron chi connectivity index (χ4n) is 3.78. The van der Waals surface area contributed by atoms with Crippen LogP contribution in [0.4, 0.5) is 5.69 Å². The maximum atomic E-state index is 13.4. The second-order valence-electron chi connectivity index (χ2n) is 8.11. The van der Waals surface area contributed by atoms with Crippen LogP contribution in [0.15, 0.2) is 48.5 Å². The summed E-state index contributed by atoms with van der Waals surface area (Å²) in [5, 5.41) is 2.89. The number of amides is 2. The van der Waals surface area contributed by atoms with E-state index in [4.69, 9.17) is 0 Å². The van der Waals surface area contributed by atoms with Gasteiger partial charge in [-0.05, 0) is 56.5 Å². The maximum absolute atomic E-state index is 13.4. The monoisotopic (exact) mass is 443 g/mol. The number of nitrogens with one attached hydrogen (secondary N) is 1. The van der Waals surface area contributed by atoms with Crippen molar-refractivity contribution in [1.29, 1.82) is 0 Å². The molecule has 1 N–H and O–H groups in total. The number of carbonyl (C=O) groups excluding carboxylic acids is 2. The summed E-state index contributed by atoms with van der Waals surface area (Å²) in [6, 6.07) is 15.0. The molecule has 0 saturated carbocycles. The zero-order chi connectivity index (χ0) is 22.8. The van der Waals surface area contributed by atoms with Gasteiger partial charge in [0.05, 0.1) is 12.3 Å². The molecule has 1 atom stereocenters. The van der Waals surface area contributed by atoms with Gasteiger partial charge in [0.15, 0.2) is 0 Å². The highest BCUT2D eigenvalue weighted by Crippen LogP contribution is 2.32. The Bertz CT molecular complexity index is 1090. The first kappa shape index (κ1) is 23.0. The molecule has 7 nitrogen and oxygen atoms in total. The summed E-state index contributed by atoms with van der Waals surface area (Å²) >= 11 is 0. The van der Waals surface area contributed by atoms with Crippen LogP contribution in [-0.4, -0.2) is 48.9 Å². The zero-order valence-corrected chi connectivity index (χ0v) is 19.2. The van der Waals surface area contributed by atoms with Crippen LogP contribution in [-0.2, 0) is 26.2 Å². The molecule has 0 spiro atoms. The molecular weight excluding hydrogens is 414 g/mol. The van der Waals surface area contributed by atoms with Crippen molar-refractivity contribution in [3.05, 3.63) is 65.2 Å². The first-order valence-corrected chi connectivity index (χ1v) is 11.9. The van der Waals surface area contributed by atoms with Crippen LogP contribution in [0.5, 0.6) is 0 Å². The second kappa shape index (κ2) is 8.80. The molecule has 2 amide bonds. The van der Waals surface area contributed by atoms with Crippen LogP contribution in [0.2, 0.25) is 0 Å². The normalized spacial score (nSPS) is 20.0. The van der Waals surface area contributed by atoms with E-state index < -0.39 is 27.4 Å². The minimum absolute atomic E-state index is 0.109. The Morgan fingerprint density at radius 2 is 1.77 bits per heavy atom. The Balaban J connectivity index is 1.99. The molecule has 0 bridgehead atoms. The third kappa shape index (κ3) is 4.65. The molecular formula is C23H29N3O4S. The van der Waals surface area contributed by atoms with E-state index in [-0.39, 0.29) is 25.4 Å². The van der Waals surface area contributed by atoms with Gasteiger partial charge in [-0.1, -0.05) is 36.4 Å². The molecule has 31 heavy (non-hydrogen) atoms. The molecule has 2 aromatic carbocycles. The summed E-state index contributed by atoms with van der Waals surface area (Å²) in [4.78, 5) is 28.1. The van der Waals surface area contributed by atoms with Gasteiger partial charge in [-0.2, -0.15) is 4.31 Å². The Labute approximate surface area is 184 Å². The topological polar surface area (TPSA) is 86.8 Å². The molecule has 1 saturated heterocycles. The Morgan fingerprint density at radius 1 is 1.10 bits per heavy atom. The quantitative estimate of drug-likeness (QED) is 0.743. The summed E-state index contributed by atoms with van der Waals surface area (Å²) < 4.78 is 26.2. The van der Waals surface area contributed by atoms with Gasteiger partial charge < -0.3 is 5.32 Å².